The molecule has 0 fully saturated rings. The van der Waals surface area contributed by atoms with Gasteiger partial charge in [0.25, 0.3) is 0 Å². The number of urea groups is 1. The number of nitrogens with one attached hydrogen (secondary N) is 1. The minimum atomic E-state index is -0.143. The third kappa shape index (κ3) is 2.71. The van der Waals surface area contributed by atoms with Crippen LogP contribution in [0.25, 0.3) is 16.5 Å². The Bertz CT molecular complexity index is 1140. The summed E-state index contributed by atoms with van der Waals surface area (Å²) >= 11 is 0. The van der Waals surface area contributed by atoms with E-state index in [1.807, 2.05) is 66.7 Å². The number of carbonyl (C=O) groups excluding carboxylic acids is 1. The first-order valence-electron chi connectivity index (χ1n) is 8.81. The van der Waals surface area contributed by atoms with Gasteiger partial charge in [0.2, 0.25) is 0 Å². The van der Waals surface area contributed by atoms with Crippen LogP contribution in [0.15, 0.2) is 72.9 Å². The molecule has 0 spiro atoms. The summed E-state index contributed by atoms with van der Waals surface area (Å²) in [7, 11) is 0. The van der Waals surface area contributed by atoms with Crippen LogP contribution in [-0.4, -0.2) is 25.9 Å². The van der Waals surface area contributed by atoms with Crippen molar-refractivity contribution in [1.29, 1.82) is 0 Å². The van der Waals surface area contributed by atoms with E-state index in [1.165, 1.54) is 0 Å². The number of benzene rings is 3. The van der Waals surface area contributed by atoms with Crippen LogP contribution in [-0.2, 0) is 13.1 Å². The van der Waals surface area contributed by atoms with Gasteiger partial charge in [0.15, 0.2) is 0 Å². The zero-order valence-corrected chi connectivity index (χ0v) is 14.5. The van der Waals surface area contributed by atoms with Crippen molar-refractivity contribution in [2.75, 3.05) is 5.32 Å². The van der Waals surface area contributed by atoms with Gasteiger partial charge in [0, 0.05) is 11.9 Å². The number of rotatable bonds is 1. The molecule has 0 radical (unpaired) electrons. The van der Waals surface area contributed by atoms with E-state index in [-0.39, 0.29) is 6.03 Å². The van der Waals surface area contributed by atoms with Crippen LogP contribution >= 0.6 is 0 Å². The second kappa shape index (κ2) is 6.25. The average Bonchev–Trinajstić information content (AvgIpc) is 3.10. The van der Waals surface area contributed by atoms with Crippen molar-refractivity contribution in [3.05, 3.63) is 84.2 Å². The molecule has 27 heavy (non-hydrogen) atoms. The quantitative estimate of drug-likeness (QED) is 0.562. The van der Waals surface area contributed by atoms with Crippen molar-refractivity contribution in [2.45, 2.75) is 13.1 Å². The van der Waals surface area contributed by atoms with Crippen molar-refractivity contribution < 1.29 is 4.79 Å². The predicted octanol–water partition coefficient (Wildman–Crippen LogP) is 3.97. The number of anilines is 1. The molecule has 0 aliphatic carbocycles. The van der Waals surface area contributed by atoms with E-state index in [2.05, 4.69) is 15.6 Å². The molecule has 2 amide bonds. The minimum absolute atomic E-state index is 0.143. The third-order valence-corrected chi connectivity index (χ3v) is 4.87. The van der Waals surface area contributed by atoms with Crippen LogP contribution in [0.4, 0.5) is 10.5 Å². The van der Waals surface area contributed by atoms with Gasteiger partial charge in [-0.25, -0.2) is 9.48 Å². The van der Waals surface area contributed by atoms with Crippen molar-refractivity contribution in [1.82, 2.24) is 19.9 Å². The van der Waals surface area contributed by atoms with E-state index >= 15 is 0 Å². The predicted molar refractivity (Wildman–Crippen MR) is 104 cm³/mol. The average molecular weight is 355 g/mol. The molecule has 1 N–H and O–H groups in total. The Balaban J connectivity index is 1.49. The Morgan fingerprint density at radius 3 is 2.70 bits per heavy atom. The number of amides is 2. The highest BCUT2D eigenvalue weighted by Crippen LogP contribution is 2.26. The van der Waals surface area contributed by atoms with E-state index in [1.54, 1.807) is 15.8 Å². The van der Waals surface area contributed by atoms with Gasteiger partial charge < -0.3 is 10.2 Å². The lowest BCUT2D eigenvalue weighted by Gasteiger charge is -2.21. The van der Waals surface area contributed by atoms with Gasteiger partial charge in [-0.1, -0.05) is 59.8 Å². The summed E-state index contributed by atoms with van der Waals surface area (Å²) in [4.78, 5) is 14.9. The lowest BCUT2D eigenvalue weighted by atomic mass is 10.1. The van der Waals surface area contributed by atoms with Gasteiger partial charge in [-0.3, -0.25) is 0 Å². The molecular weight excluding hydrogens is 338 g/mol. The summed E-state index contributed by atoms with van der Waals surface area (Å²) < 4.78 is 1.81. The number of hydrogen-bond donors (Lipinski definition) is 1. The minimum Gasteiger partial charge on any atom is -0.314 e. The summed E-state index contributed by atoms with van der Waals surface area (Å²) in [6.45, 7) is 0.953. The highest BCUT2D eigenvalue weighted by molar-refractivity contribution is 6.01. The molecule has 1 aliphatic rings. The molecule has 4 aromatic rings. The van der Waals surface area contributed by atoms with Gasteiger partial charge in [0.05, 0.1) is 29.8 Å². The molecule has 132 valence electrons. The number of fused-ring (bicyclic) bond motifs is 4. The number of aromatic nitrogens is 3. The molecule has 0 saturated carbocycles. The maximum atomic E-state index is 13.1. The van der Waals surface area contributed by atoms with E-state index in [9.17, 15) is 4.79 Å². The zero-order valence-electron chi connectivity index (χ0n) is 14.5. The van der Waals surface area contributed by atoms with Crippen LogP contribution in [0.3, 0.4) is 0 Å². The van der Waals surface area contributed by atoms with Gasteiger partial charge in [-0.2, -0.15) is 0 Å². The molecule has 1 aromatic heterocycles. The van der Waals surface area contributed by atoms with Gasteiger partial charge in [-0.05, 0) is 23.1 Å². The van der Waals surface area contributed by atoms with E-state index in [0.717, 1.165) is 33.4 Å². The summed E-state index contributed by atoms with van der Waals surface area (Å²) in [5, 5.41) is 13.4. The normalized spacial score (nSPS) is 13.0. The molecule has 6 nitrogen and oxygen atoms in total. The van der Waals surface area contributed by atoms with Crippen LogP contribution < -0.4 is 5.32 Å². The van der Waals surface area contributed by atoms with E-state index in [4.69, 9.17) is 0 Å². The van der Waals surface area contributed by atoms with Crippen LogP contribution in [0, 0.1) is 0 Å². The maximum Gasteiger partial charge on any atom is 0.322 e. The Morgan fingerprint density at radius 2 is 1.74 bits per heavy atom. The Kier molecular flexibility index (Phi) is 3.60. The molecule has 5 rings (SSSR count). The SMILES string of the molecule is O=C(Nc1cccc2ccccc12)N1Cc2ccccc2-n2nncc2C1. The fourth-order valence-corrected chi connectivity index (χ4v) is 3.55. The van der Waals surface area contributed by atoms with Crippen molar-refractivity contribution in [3.8, 4) is 5.69 Å². The summed E-state index contributed by atoms with van der Waals surface area (Å²) in [5.41, 5.74) is 3.69. The second-order valence-corrected chi connectivity index (χ2v) is 6.58. The highest BCUT2D eigenvalue weighted by atomic mass is 16.2. The van der Waals surface area contributed by atoms with E-state index in [0.29, 0.717) is 13.1 Å². The van der Waals surface area contributed by atoms with Crippen molar-refractivity contribution in [3.63, 3.8) is 0 Å². The molecule has 0 bridgehead atoms. The Labute approximate surface area is 156 Å². The molecule has 0 unspecified atom stereocenters. The monoisotopic (exact) mass is 355 g/mol. The standard InChI is InChI=1S/C21H17N5O/c27-21(23-19-10-5-8-15-6-1-3-9-18(15)19)25-13-16-7-2-4-11-20(16)26-17(14-25)12-22-24-26/h1-12H,13-14H2,(H,23,27). The highest BCUT2D eigenvalue weighted by Gasteiger charge is 2.23. The molecule has 1 aliphatic heterocycles. The smallest absolute Gasteiger partial charge is 0.314 e. The van der Waals surface area contributed by atoms with Crippen LogP contribution in [0.2, 0.25) is 0 Å². The Morgan fingerprint density at radius 1 is 0.926 bits per heavy atom. The summed E-state index contributed by atoms with van der Waals surface area (Å²) in [5.74, 6) is 0. The number of hydrogen-bond acceptors (Lipinski definition) is 3. The molecule has 0 saturated heterocycles. The molecule has 0 atom stereocenters. The largest absolute Gasteiger partial charge is 0.322 e. The number of nitrogens with zero attached hydrogens (tertiary/aromatic N) is 4. The Hall–Kier alpha value is -3.67. The van der Waals surface area contributed by atoms with Crippen molar-refractivity contribution >= 4 is 22.5 Å². The molecule has 6 heteroatoms. The molecular formula is C21H17N5O. The topological polar surface area (TPSA) is 63.1 Å². The first-order valence-corrected chi connectivity index (χ1v) is 8.81. The number of para-hydroxylation sites is 1. The first kappa shape index (κ1) is 15.6. The summed E-state index contributed by atoms with van der Waals surface area (Å²) in [6, 6.07) is 21.8. The third-order valence-electron chi connectivity index (χ3n) is 4.87. The lowest BCUT2D eigenvalue weighted by molar-refractivity contribution is 0.206. The molecule has 2 heterocycles. The van der Waals surface area contributed by atoms with Gasteiger partial charge >= 0.3 is 6.03 Å². The zero-order chi connectivity index (χ0) is 18.2. The van der Waals surface area contributed by atoms with Gasteiger partial charge in [-0.15, -0.1) is 5.10 Å². The van der Waals surface area contributed by atoms with Crippen LogP contribution in [0.1, 0.15) is 11.3 Å². The molecule has 3 aromatic carbocycles. The fourth-order valence-electron chi connectivity index (χ4n) is 3.55. The van der Waals surface area contributed by atoms with Crippen LogP contribution in [0.5, 0.6) is 0 Å². The first-order chi connectivity index (χ1) is 13.3. The number of carbonyl (C=O) groups is 1. The van der Waals surface area contributed by atoms with Crippen molar-refractivity contribution in [2.24, 2.45) is 0 Å². The second-order valence-electron chi connectivity index (χ2n) is 6.58. The maximum absolute atomic E-state index is 13.1. The van der Waals surface area contributed by atoms with Gasteiger partial charge in [0.1, 0.15) is 0 Å². The summed E-state index contributed by atoms with van der Waals surface area (Å²) in [6.07, 6.45) is 1.71. The fraction of sp³-hybridized carbons (Fsp3) is 0.0952. The lowest BCUT2D eigenvalue weighted by Crippen LogP contribution is -2.33. The van der Waals surface area contributed by atoms with E-state index < -0.39 is 0 Å².